The van der Waals surface area contributed by atoms with E-state index in [1.807, 2.05) is 43.5 Å². The van der Waals surface area contributed by atoms with Crippen molar-refractivity contribution in [3.63, 3.8) is 0 Å². The van der Waals surface area contributed by atoms with E-state index in [0.29, 0.717) is 6.42 Å². The van der Waals surface area contributed by atoms with Gasteiger partial charge in [-0.1, -0.05) is 43.7 Å². The van der Waals surface area contributed by atoms with Crippen molar-refractivity contribution < 1.29 is 19.7 Å². The lowest BCUT2D eigenvalue weighted by atomic mass is 9.99. The Hall–Kier alpha value is -0.960. The molecule has 1 fully saturated rings. The van der Waals surface area contributed by atoms with E-state index in [0.717, 1.165) is 27.4 Å². The van der Waals surface area contributed by atoms with Crippen molar-refractivity contribution in [1.82, 2.24) is 4.98 Å². The number of aliphatic hydroxyl groups is 2. The van der Waals surface area contributed by atoms with Gasteiger partial charge in [-0.15, -0.1) is 11.3 Å². The highest BCUT2D eigenvalue weighted by molar-refractivity contribution is 8.03. The summed E-state index contributed by atoms with van der Waals surface area (Å²) in [5, 5.41) is 22.7. The smallest absolute Gasteiger partial charge is 0.164 e. The molecule has 4 atom stereocenters. The third-order valence-electron chi connectivity index (χ3n) is 4.46. The molecule has 148 valence electrons. The molecule has 0 bridgehead atoms. The summed E-state index contributed by atoms with van der Waals surface area (Å²) >= 11 is 3.16. The number of unbranched alkanes of at least 4 members (excludes halogenated alkanes) is 1. The number of nitrogens with zero attached hydrogens (tertiary/aromatic N) is 1. The Bertz CT molecular complexity index is 743. The molecule has 1 saturated heterocycles. The van der Waals surface area contributed by atoms with Crippen LogP contribution in [0.1, 0.15) is 40.0 Å². The van der Waals surface area contributed by atoms with Gasteiger partial charge in [0.05, 0.1) is 16.3 Å². The van der Waals surface area contributed by atoms with E-state index >= 15 is 0 Å². The summed E-state index contributed by atoms with van der Waals surface area (Å²) in [6.07, 6.45) is 1.44. The number of hydrogen-bond donors (Lipinski definition) is 2. The van der Waals surface area contributed by atoms with Gasteiger partial charge in [0, 0.05) is 0 Å². The fraction of sp³-hybridized carbons (Fsp3) is 0.550. The van der Waals surface area contributed by atoms with Crippen LogP contribution in [0.3, 0.4) is 0 Å². The molecule has 2 heterocycles. The topological polar surface area (TPSA) is 71.8 Å². The van der Waals surface area contributed by atoms with E-state index in [-0.39, 0.29) is 0 Å². The van der Waals surface area contributed by atoms with Crippen LogP contribution in [0.5, 0.6) is 0 Å². The monoisotopic (exact) mass is 409 g/mol. The van der Waals surface area contributed by atoms with Gasteiger partial charge >= 0.3 is 0 Å². The molecule has 1 aromatic heterocycles. The van der Waals surface area contributed by atoms with Crippen LogP contribution in [0.25, 0.3) is 10.2 Å². The molecule has 27 heavy (non-hydrogen) atoms. The third kappa shape index (κ3) is 5.31. The van der Waals surface area contributed by atoms with Crippen LogP contribution in [0.15, 0.2) is 40.1 Å². The molecule has 3 rings (SSSR count). The van der Waals surface area contributed by atoms with Crippen LogP contribution in [-0.2, 0) is 9.47 Å². The van der Waals surface area contributed by atoms with Gasteiger partial charge < -0.3 is 19.7 Å². The van der Waals surface area contributed by atoms with Crippen molar-refractivity contribution in [2.75, 3.05) is 0 Å². The SMILES string of the molecule is CCCC[C@@H](O)[C@H](O)[C@H]1OC(C)(C)O[C@H]1/C=C/Sc1nc2ccccc2s1. The van der Waals surface area contributed by atoms with Crippen LogP contribution < -0.4 is 0 Å². The number of hydrogen-bond acceptors (Lipinski definition) is 7. The van der Waals surface area contributed by atoms with Gasteiger partial charge in [0.15, 0.2) is 10.1 Å². The average molecular weight is 410 g/mol. The summed E-state index contributed by atoms with van der Waals surface area (Å²) < 4.78 is 13.9. The van der Waals surface area contributed by atoms with Gasteiger partial charge in [-0.2, -0.15) is 0 Å². The number of rotatable bonds is 8. The van der Waals surface area contributed by atoms with E-state index in [9.17, 15) is 10.2 Å². The van der Waals surface area contributed by atoms with E-state index in [1.54, 1.807) is 11.3 Å². The summed E-state index contributed by atoms with van der Waals surface area (Å²) in [6, 6.07) is 8.04. The molecule has 1 aromatic carbocycles. The quantitative estimate of drug-likeness (QED) is 0.632. The first kappa shape index (κ1) is 20.8. The number of aromatic nitrogens is 1. The second-order valence-electron chi connectivity index (χ2n) is 7.16. The van der Waals surface area contributed by atoms with Crippen LogP contribution in [0.4, 0.5) is 0 Å². The normalized spacial score (nSPS) is 24.6. The van der Waals surface area contributed by atoms with E-state index in [1.165, 1.54) is 11.8 Å². The number of thiazole rings is 1. The zero-order chi connectivity index (χ0) is 19.4. The number of benzene rings is 1. The Morgan fingerprint density at radius 2 is 2.07 bits per heavy atom. The molecular formula is C20H27NO4S2. The second kappa shape index (κ2) is 9.03. The van der Waals surface area contributed by atoms with Gasteiger partial charge in [-0.3, -0.25) is 0 Å². The molecule has 2 N–H and O–H groups in total. The number of para-hydroxylation sites is 1. The predicted molar refractivity (Wildman–Crippen MR) is 110 cm³/mol. The minimum Gasteiger partial charge on any atom is -0.390 e. The number of thioether (sulfide) groups is 1. The molecule has 0 unspecified atom stereocenters. The first-order chi connectivity index (χ1) is 12.9. The highest BCUT2D eigenvalue weighted by Crippen LogP contribution is 2.34. The zero-order valence-electron chi connectivity index (χ0n) is 15.9. The number of aliphatic hydroxyl groups excluding tert-OH is 2. The average Bonchev–Trinajstić information content (AvgIpc) is 3.18. The van der Waals surface area contributed by atoms with Gasteiger partial charge in [0.2, 0.25) is 0 Å². The van der Waals surface area contributed by atoms with Crippen molar-refractivity contribution in [3.8, 4) is 0 Å². The maximum atomic E-state index is 10.6. The highest BCUT2D eigenvalue weighted by Gasteiger charge is 2.45. The number of fused-ring (bicyclic) bond motifs is 1. The fourth-order valence-corrected chi connectivity index (χ4v) is 4.94. The Labute approximate surface area is 168 Å². The Kier molecular flexibility index (Phi) is 6.94. The van der Waals surface area contributed by atoms with Crippen LogP contribution in [0.2, 0.25) is 0 Å². The van der Waals surface area contributed by atoms with Gasteiger partial charge in [-0.25, -0.2) is 4.98 Å². The first-order valence-electron chi connectivity index (χ1n) is 9.30. The molecule has 0 aliphatic carbocycles. The molecule has 2 aromatic rings. The minimum absolute atomic E-state index is 0.423. The minimum atomic E-state index is -0.986. The van der Waals surface area contributed by atoms with Gasteiger partial charge in [0.25, 0.3) is 0 Å². The molecule has 7 heteroatoms. The second-order valence-corrected chi connectivity index (χ2v) is 9.34. The maximum absolute atomic E-state index is 10.6. The van der Waals surface area contributed by atoms with Gasteiger partial charge in [0.1, 0.15) is 18.3 Å². The molecule has 0 amide bonds. The summed E-state index contributed by atoms with van der Waals surface area (Å²) in [4.78, 5) is 4.59. The Morgan fingerprint density at radius 3 is 2.81 bits per heavy atom. The van der Waals surface area contributed by atoms with Crippen molar-refractivity contribution in [2.45, 2.75) is 74.6 Å². The lowest BCUT2D eigenvalue weighted by Gasteiger charge is -2.25. The standard InChI is InChI=1S/C20H27NO4S2/c1-4-5-9-14(22)17(23)18-15(24-20(2,3)25-18)11-12-26-19-21-13-8-6-7-10-16(13)27-19/h6-8,10-12,14-15,17-18,22-23H,4-5,9H2,1-3H3/b12-11+/t14-,15+,17+,18+/m1/s1. The van der Waals surface area contributed by atoms with Crippen LogP contribution >= 0.6 is 23.1 Å². The molecular weight excluding hydrogens is 382 g/mol. The van der Waals surface area contributed by atoms with Crippen LogP contribution in [-0.4, -0.2) is 45.4 Å². The van der Waals surface area contributed by atoms with E-state index in [2.05, 4.69) is 18.0 Å². The summed E-state index contributed by atoms with van der Waals surface area (Å²) in [5.41, 5.74) is 0.993. The van der Waals surface area contributed by atoms with Crippen molar-refractivity contribution in [2.24, 2.45) is 0 Å². The molecule has 5 nitrogen and oxygen atoms in total. The maximum Gasteiger partial charge on any atom is 0.164 e. The summed E-state index contributed by atoms with van der Waals surface area (Å²) in [7, 11) is 0. The number of ether oxygens (including phenoxy) is 2. The molecule has 1 aliphatic rings. The van der Waals surface area contributed by atoms with E-state index < -0.39 is 30.2 Å². The van der Waals surface area contributed by atoms with Crippen molar-refractivity contribution in [1.29, 1.82) is 0 Å². The Morgan fingerprint density at radius 1 is 1.30 bits per heavy atom. The zero-order valence-corrected chi connectivity index (χ0v) is 17.5. The van der Waals surface area contributed by atoms with Crippen molar-refractivity contribution in [3.05, 3.63) is 35.7 Å². The predicted octanol–water partition coefficient (Wildman–Crippen LogP) is 4.33. The lowest BCUT2D eigenvalue weighted by molar-refractivity contribution is -0.161. The largest absolute Gasteiger partial charge is 0.390 e. The molecule has 1 aliphatic heterocycles. The summed E-state index contributed by atoms with van der Waals surface area (Å²) in [5.74, 6) is -0.800. The van der Waals surface area contributed by atoms with Crippen molar-refractivity contribution >= 4 is 33.3 Å². The van der Waals surface area contributed by atoms with Gasteiger partial charge in [-0.05, 0) is 43.9 Å². The molecule has 0 spiro atoms. The first-order valence-corrected chi connectivity index (χ1v) is 11.0. The highest BCUT2D eigenvalue weighted by atomic mass is 32.2. The molecule has 0 saturated carbocycles. The third-order valence-corrected chi connectivity index (χ3v) is 6.42. The Balaban J connectivity index is 1.65. The lowest BCUT2D eigenvalue weighted by Crippen LogP contribution is -2.42. The van der Waals surface area contributed by atoms with Crippen LogP contribution in [0, 0.1) is 0 Å². The van der Waals surface area contributed by atoms with E-state index in [4.69, 9.17) is 9.47 Å². The molecule has 0 radical (unpaired) electrons. The fourth-order valence-electron chi connectivity index (χ4n) is 3.11. The summed E-state index contributed by atoms with van der Waals surface area (Å²) in [6.45, 7) is 5.70.